The van der Waals surface area contributed by atoms with Gasteiger partial charge in [0.15, 0.2) is 0 Å². The van der Waals surface area contributed by atoms with E-state index in [1.807, 2.05) is 39.0 Å². The summed E-state index contributed by atoms with van der Waals surface area (Å²) in [6, 6.07) is 9.12. The first-order chi connectivity index (χ1) is 11.3. The molecule has 1 atom stereocenters. The maximum absolute atomic E-state index is 12.7. The fourth-order valence-corrected chi connectivity index (χ4v) is 3.09. The van der Waals surface area contributed by atoms with Gasteiger partial charge in [-0.3, -0.25) is 4.79 Å². The molecule has 2 aromatic rings. The summed E-state index contributed by atoms with van der Waals surface area (Å²) in [7, 11) is 3.31. The minimum Gasteiger partial charge on any atom is -0.345 e. The molecule has 24 heavy (non-hydrogen) atoms. The lowest BCUT2D eigenvalue weighted by molar-refractivity contribution is 0.0941. The summed E-state index contributed by atoms with van der Waals surface area (Å²) in [5.41, 5.74) is 1.93. The zero-order valence-electron chi connectivity index (χ0n) is 14.6. The van der Waals surface area contributed by atoms with Gasteiger partial charge in [-0.15, -0.1) is 11.3 Å². The highest BCUT2D eigenvalue weighted by molar-refractivity contribution is 7.12. The first-order valence-corrected chi connectivity index (χ1v) is 8.55. The number of nitrogens with zero attached hydrogens (tertiary/aromatic N) is 1. The molecular weight excluding hydrogens is 322 g/mol. The predicted octanol–water partition coefficient (Wildman–Crippen LogP) is 3.95. The summed E-state index contributed by atoms with van der Waals surface area (Å²) < 4.78 is 0. The molecule has 0 unspecified atom stereocenters. The van der Waals surface area contributed by atoms with Gasteiger partial charge in [0.2, 0.25) is 0 Å². The van der Waals surface area contributed by atoms with E-state index in [0.29, 0.717) is 11.3 Å². The third-order valence-corrected chi connectivity index (χ3v) is 4.79. The van der Waals surface area contributed by atoms with Crippen molar-refractivity contribution >= 4 is 29.0 Å². The Kier molecular flexibility index (Phi) is 5.62. The first-order valence-electron chi connectivity index (χ1n) is 7.74. The number of carbonyl (C=O) groups excluding carboxylic acids is 2. The second-order valence-corrected chi connectivity index (χ2v) is 7.34. The molecule has 0 fully saturated rings. The van der Waals surface area contributed by atoms with Gasteiger partial charge in [-0.2, -0.15) is 0 Å². The van der Waals surface area contributed by atoms with Gasteiger partial charge in [0.05, 0.1) is 17.3 Å². The van der Waals surface area contributed by atoms with Crippen LogP contribution in [0.25, 0.3) is 0 Å². The van der Waals surface area contributed by atoms with Crippen LogP contribution < -0.4 is 10.6 Å². The SMILES string of the molecule is Cc1ccc(NC(=O)N(C)C)c(C(=O)N[C@H](C)c2ccc(C)s2)c1. The Morgan fingerprint density at radius 3 is 2.42 bits per heavy atom. The second-order valence-electron chi connectivity index (χ2n) is 6.02. The monoisotopic (exact) mass is 345 g/mol. The van der Waals surface area contributed by atoms with Crippen molar-refractivity contribution < 1.29 is 9.59 Å². The topological polar surface area (TPSA) is 61.4 Å². The quantitative estimate of drug-likeness (QED) is 0.881. The van der Waals surface area contributed by atoms with Crippen LogP contribution in [0.4, 0.5) is 10.5 Å². The van der Waals surface area contributed by atoms with Gasteiger partial charge in [0.25, 0.3) is 5.91 Å². The Morgan fingerprint density at radius 2 is 1.83 bits per heavy atom. The zero-order chi connectivity index (χ0) is 17.9. The van der Waals surface area contributed by atoms with E-state index in [-0.39, 0.29) is 18.0 Å². The van der Waals surface area contributed by atoms with Crippen molar-refractivity contribution in [3.8, 4) is 0 Å². The molecule has 0 aliphatic heterocycles. The van der Waals surface area contributed by atoms with Gasteiger partial charge in [-0.1, -0.05) is 11.6 Å². The molecule has 6 heteroatoms. The molecule has 2 N–H and O–H groups in total. The molecule has 0 radical (unpaired) electrons. The van der Waals surface area contributed by atoms with Crippen LogP contribution in [0.3, 0.4) is 0 Å². The maximum atomic E-state index is 12.7. The zero-order valence-corrected chi connectivity index (χ0v) is 15.5. The van der Waals surface area contributed by atoms with E-state index in [2.05, 4.69) is 10.6 Å². The van der Waals surface area contributed by atoms with Gasteiger partial charge < -0.3 is 15.5 Å². The van der Waals surface area contributed by atoms with Crippen LogP contribution >= 0.6 is 11.3 Å². The van der Waals surface area contributed by atoms with E-state index in [9.17, 15) is 9.59 Å². The molecule has 0 aliphatic rings. The molecule has 2 rings (SSSR count). The molecule has 0 bridgehead atoms. The molecule has 0 saturated carbocycles. The molecule has 1 heterocycles. The van der Waals surface area contributed by atoms with Crippen molar-refractivity contribution in [3.63, 3.8) is 0 Å². The number of anilines is 1. The van der Waals surface area contributed by atoms with E-state index in [0.717, 1.165) is 10.4 Å². The van der Waals surface area contributed by atoms with Crippen LogP contribution in [0.15, 0.2) is 30.3 Å². The van der Waals surface area contributed by atoms with Gasteiger partial charge in [0.1, 0.15) is 0 Å². The molecule has 5 nitrogen and oxygen atoms in total. The number of hydrogen-bond donors (Lipinski definition) is 2. The number of aryl methyl sites for hydroxylation is 2. The molecule has 3 amide bonds. The summed E-state index contributed by atoms with van der Waals surface area (Å²) in [6.07, 6.45) is 0. The fourth-order valence-electron chi connectivity index (χ4n) is 2.21. The lowest BCUT2D eigenvalue weighted by atomic mass is 10.1. The Hall–Kier alpha value is -2.34. The van der Waals surface area contributed by atoms with Gasteiger partial charge >= 0.3 is 6.03 Å². The van der Waals surface area contributed by atoms with Crippen LogP contribution in [-0.4, -0.2) is 30.9 Å². The van der Waals surface area contributed by atoms with Crippen molar-refractivity contribution in [2.24, 2.45) is 0 Å². The number of amides is 3. The number of thiophene rings is 1. The second kappa shape index (κ2) is 7.49. The third-order valence-electron chi connectivity index (χ3n) is 3.60. The van der Waals surface area contributed by atoms with E-state index >= 15 is 0 Å². The van der Waals surface area contributed by atoms with Crippen molar-refractivity contribution in [1.82, 2.24) is 10.2 Å². The van der Waals surface area contributed by atoms with Gasteiger partial charge in [0, 0.05) is 23.8 Å². The highest BCUT2D eigenvalue weighted by Gasteiger charge is 2.17. The Labute approximate surface area is 146 Å². The average molecular weight is 345 g/mol. The number of carbonyl (C=O) groups is 2. The summed E-state index contributed by atoms with van der Waals surface area (Å²) in [4.78, 5) is 28.3. The smallest absolute Gasteiger partial charge is 0.321 e. The summed E-state index contributed by atoms with van der Waals surface area (Å²) in [6.45, 7) is 5.91. The van der Waals surface area contributed by atoms with Crippen LogP contribution in [0, 0.1) is 13.8 Å². The predicted molar refractivity (Wildman–Crippen MR) is 98.8 cm³/mol. The average Bonchev–Trinajstić information content (AvgIpc) is 2.95. The first kappa shape index (κ1) is 18.0. The Balaban J connectivity index is 2.21. The third kappa shape index (κ3) is 4.35. The van der Waals surface area contributed by atoms with Gasteiger partial charge in [-0.25, -0.2) is 4.79 Å². The Bertz CT molecular complexity index is 752. The largest absolute Gasteiger partial charge is 0.345 e. The van der Waals surface area contributed by atoms with Crippen molar-refractivity contribution in [2.75, 3.05) is 19.4 Å². The minimum atomic E-state index is -0.269. The van der Waals surface area contributed by atoms with Crippen LogP contribution in [0.2, 0.25) is 0 Å². The fraction of sp³-hybridized carbons (Fsp3) is 0.333. The highest BCUT2D eigenvalue weighted by Crippen LogP contribution is 2.24. The molecule has 1 aromatic carbocycles. The highest BCUT2D eigenvalue weighted by atomic mass is 32.1. The lowest BCUT2D eigenvalue weighted by Gasteiger charge is -2.17. The van der Waals surface area contributed by atoms with Crippen LogP contribution in [-0.2, 0) is 0 Å². The maximum Gasteiger partial charge on any atom is 0.321 e. The number of hydrogen-bond acceptors (Lipinski definition) is 3. The van der Waals surface area contributed by atoms with E-state index in [1.165, 1.54) is 9.78 Å². The minimum absolute atomic E-state index is 0.0888. The number of nitrogens with one attached hydrogen (secondary N) is 2. The summed E-state index contributed by atoms with van der Waals surface area (Å²) in [5, 5.41) is 5.77. The van der Waals surface area contributed by atoms with Crippen molar-refractivity contribution in [1.29, 1.82) is 0 Å². The molecule has 0 saturated heterocycles. The van der Waals surface area contributed by atoms with Crippen LogP contribution in [0.5, 0.6) is 0 Å². The number of rotatable bonds is 4. The summed E-state index contributed by atoms with van der Waals surface area (Å²) in [5.74, 6) is -0.202. The molecule has 128 valence electrons. The van der Waals surface area contributed by atoms with Crippen LogP contribution in [0.1, 0.15) is 38.6 Å². The molecule has 1 aromatic heterocycles. The molecule has 0 spiro atoms. The van der Waals surface area contributed by atoms with E-state index in [1.54, 1.807) is 37.6 Å². The summed E-state index contributed by atoms with van der Waals surface area (Å²) >= 11 is 1.66. The molecular formula is C18H23N3O2S. The van der Waals surface area contributed by atoms with E-state index < -0.39 is 0 Å². The van der Waals surface area contributed by atoms with E-state index in [4.69, 9.17) is 0 Å². The number of urea groups is 1. The van der Waals surface area contributed by atoms with Gasteiger partial charge in [-0.05, 0) is 45.0 Å². The normalized spacial score (nSPS) is 11.7. The Morgan fingerprint density at radius 1 is 1.12 bits per heavy atom. The van der Waals surface area contributed by atoms with Crippen molar-refractivity contribution in [2.45, 2.75) is 26.8 Å². The lowest BCUT2D eigenvalue weighted by Crippen LogP contribution is -2.30. The van der Waals surface area contributed by atoms with Crippen molar-refractivity contribution in [3.05, 3.63) is 51.2 Å². The number of benzene rings is 1. The standard InChI is InChI=1S/C18H23N3O2S/c1-11-6-8-15(20-18(23)21(4)5)14(10-11)17(22)19-13(3)16-9-7-12(2)24-16/h6-10,13H,1-5H3,(H,19,22)(H,20,23)/t13-/m1/s1. The molecule has 0 aliphatic carbocycles.